The van der Waals surface area contributed by atoms with Crippen molar-refractivity contribution in [2.45, 2.75) is 39.0 Å². The van der Waals surface area contributed by atoms with Gasteiger partial charge in [-0.2, -0.15) is 0 Å². The Hall–Kier alpha value is -1.02. The van der Waals surface area contributed by atoms with Crippen LogP contribution in [0.15, 0.2) is 24.3 Å². The van der Waals surface area contributed by atoms with Gasteiger partial charge in [0.25, 0.3) is 0 Å². The van der Waals surface area contributed by atoms with Gasteiger partial charge in [-0.05, 0) is 61.9 Å². The molecule has 18 heavy (non-hydrogen) atoms. The van der Waals surface area contributed by atoms with E-state index in [-0.39, 0.29) is 0 Å². The molecule has 2 atom stereocenters. The maximum absolute atomic E-state index is 5.62. The highest BCUT2D eigenvalue weighted by Gasteiger charge is 2.31. The summed E-state index contributed by atoms with van der Waals surface area (Å²) >= 11 is 0. The van der Waals surface area contributed by atoms with Gasteiger partial charge in [0.15, 0.2) is 0 Å². The standard InChI is InChI=1S/C16H25NO/c1-3-11-18-15-8-5-13(6-9-15)16-10-7-14(16)12-17-4-2/h5-6,8-9,14,16-17H,3-4,7,10-12H2,1-2H3. The molecule has 0 bridgehead atoms. The number of ether oxygens (including phenoxy) is 1. The predicted octanol–water partition coefficient (Wildman–Crippen LogP) is 3.58. The van der Waals surface area contributed by atoms with E-state index in [1.807, 2.05) is 0 Å². The van der Waals surface area contributed by atoms with Gasteiger partial charge >= 0.3 is 0 Å². The summed E-state index contributed by atoms with van der Waals surface area (Å²) in [4.78, 5) is 0. The van der Waals surface area contributed by atoms with Crippen LogP contribution in [0.2, 0.25) is 0 Å². The zero-order chi connectivity index (χ0) is 12.8. The van der Waals surface area contributed by atoms with Crippen LogP contribution in [0.5, 0.6) is 5.75 Å². The Kier molecular flexibility index (Phi) is 5.06. The number of nitrogens with one attached hydrogen (secondary N) is 1. The molecule has 1 fully saturated rings. The first-order valence-electron chi connectivity index (χ1n) is 7.28. The van der Waals surface area contributed by atoms with Gasteiger partial charge in [0.1, 0.15) is 5.75 Å². The smallest absolute Gasteiger partial charge is 0.119 e. The van der Waals surface area contributed by atoms with E-state index >= 15 is 0 Å². The highest BCUT2D eigenvalue weighted by atomic mass is 16.5. The monoisotopic (exact) mass is 247 g/mol. The second kappa shape index (κ2) is 6.79. The molecule has 1 aromatic carbocycles. The van der Waals surface area contributed by atoms with Crippen molar-refractivity contribution in [3.63, 3.8) is 0 Å². The zero-order valence-corrected chi connectivity index (χ0v) is 11.6. The van der Waals surface area contributed by atoms with Crippen molar-refractivity contribution in [1.82, 2.24) is 5.32 Å². The molecule has 2 heteroatoms. The van der Waals surface area contributed by atoms with E-state index in [1.54, 1.807) is 0 Å². The van der Waals surface area contributed by atoms with Crippen LogP contribution in [0.4, 0.5) is 0 Å². The molecule has 2 nitrogen and oxygen atoms in total. The van der Waals surface area contributed by atoms with Crippen LogP contribution in [0.25, 0.3) is 0 Å². The minimum absolute atomic E-state index is 0.754. The van der Waals surface area contributed by atoms with Gasteiger partial charge in [-0.25, -0.2) is 0 Å². The molecule has 1 saturated carbocycles. The van der Waals surface area contributed by atoms with Crippen LogP contribution < -0.4 is 10.1 Å². The Bertz CT molecular complexity index is 347. The quantitative estimate of drug-likeness (QED) is 0.795. The molecule has 2 unspecified atom stereocenters. The van der Waals surface area contributed by atoms with Crippen LogP contribution in [-0.4, -0.2) is 19.7 Å². The fraction of sp³-hybridized carbons (Fsp3) is 0.625. The van der Waals surface area contributed by atoms with E-state index in [9.17, 15) is 0 Å². The minimum atomic E-state index is 0.754. The maximum Gasteiger partial charge on any atom is 0.119 e. The lowest BCUT2D eigenvalue weighted by atomic mass is 9.70. The van der Waals surface area contributed by atoms with Crippen molar-refractivity contribution in [3.8, 4) is 5.75 Å². The lowest BCUT2D eigenvalue weighted by Crippen LogP contribution is -2.33. The molecule has 1 N–H and O–H groups in total. The van der Waals surface area contributed by atoms with Crippen LogP contribution in [0.3, 0.4) is 0 Å². The van der Waals surface area contributed by atoms with E-state index in [0.29, 0.717) is 0 Å². The van der Waals surface area contributed by atoms with E-state index in [4.69, 9.17) is 4.74 Å². The predicted molar refractivity (Wildman–Crippen MR) is 76.2 cm³/mol. The van der Waals surface area contributed by atoms with Crippen molar-refractivity contribution in [2.75, 3.05) is 19.7 Å². The molecule has 0 heterocycles. The SMILES string of the molecule is CCCOc1ccc(C2CCC2CNCC)cc1. The van der Waals surface area contributed by atoms with Gasteiger partial charge in [0.05, 0.1) is 6.61 Å². The van der Waals surface area contributed by atoms with Gasteiger partial charge in [0, 0.05) is 0 Å². The summed E-state index contributed by atoms with van der Waals surface area (Å²) < 4.78 is 5.62. The van der Waals surface area contributed by atoms with E-state index in [0.717, 1.165) is 43.7 Å². The van der Waals surface area contributed by atoms with Gasteiger partial charge in [-0.3, -0.25) is 0 Å². The first kappa shape index (κ1) is 13.4. The molecule has 1 aliphatic rings. The third-order valence-corrected chi connectivity index (χ3v) is 3.86. The number of hydrogen-bond donors (Lipinski definition) is 1. The van der Waals surface area contributed by atoms with Crippen LogP contribution in [0, 0.1) is 5.92 Å². The fourth-order valence-electron chi connectivity index (χ4n) is 2.61. The lowest BCUT2D eigenvalue weighted by Gasteiger charge is -2.37. The average molecular weight is 247 g/mol. The Morgan fingerprint density at radius 2 is 1.94 bits per heavy atom. The molecule has 1 aromatic rings. The Morgan fingerprint density at radius 1 is 1.17 bits per heavy atom. The fourth-order valence-corrected chi connectivity index (χ4v) is 2.61. The van der Waals surface area contributed by atoms with Crippen molar-refractivity contribution in [1.29, 1.82) is 0 Å². The molecule has 0 aliphatic heterocycles. The highest BCUT2D eigenvalue weighted by Crippen LogP contribution is 2.42. The second-order valence-corrected chi connectivity index (χ2v) is 5.17. The van der Waals surface area contributed by atoms with Gasteiger partial charge in [0.2, 0.25) is 0 Å². The Morgan fingerprint density at radius 3 is 2.50 bits per heavy atom. The van der Waals surface area contributed by atoms with E-state index in [2.05, 4.69) is 43.4 Å². The molecule has 2 rings (SSSR count). The minimum Gasteiger partial charge on any atom is -0.494 e. The zero-order valence-electron chi connectivity index (χ0n) is 11.6. The summed E-state index contributed by atoms with van der Waals surface area (Å²) in [5.74, 6) is 2.58. The third kappa shape index (κ3) is 3.26. The summed E-state index contributed by atoms with van der Waals surface area (Å²) in [5.41, 5.74) is 1.48. The summed E-state index contributed by atoms with van der Waals surface area (Å²) in [6.07, 6.45) is 3.77. The molecule has 0 radical (unpaired) electrons. The first-order chi connectivity index (χ1) is 8.85. The number of rotatable bonds is 7. The second-order valence-electron chi connectivity index (χ2n) is 5.17. The topological polar surface area (TPSA) is 21.3 Å². The Balaban J connectivity index is 1.89. The molecular weight excluding hydrogens is 222 g/mol. The van der Waals surface area contributed by atoms with E-state index < -0.39 is 0 Å². The molecule has 0 saturated heterocycles. The summed E-state index contributed by atoms with van der Waals surface area (Å²) in [6.45, 7) is 7.36. The molecule has 0 amide bonds. The first-order valence-corrected chi connectivity index (χ1v) is 7.28. The van der Waals surface area contributed by atoms with Crippen LogP contribution in [0.1, 0.15) is 44.6 Å². The van der Waals surface area contributed by atoms with Gasteiger partial charge < -0.3 is 10.1 Å². The summed E-state index contributed by atoms with van der Waals surface area (Å²) in [6, 6.07) is 8.72. The molecule has 0 aromatic heterocycles. The normalized spacial score (nSPS) is 22.6. The number of benzene rings is 1. The summed E-state index contributed by atoms with van der Waals surface area (Å²) in [7, 11) is 0. The molecule has 100 valence electrons. The molecular formula is C16H25NO. The van der Waals surface area contributed by atoms with Gasteiger partial charge in [-0.1, -0.05) is 26.0 Å². The van der Waals surface area contributed by atoms with Crippen LogP contribution >= 0.6 is 0 Å². The van der Waals surface area contributed by atoms with Crippen molar-refractivity contribution in [3.05, 3.63) is 29.8 Å². The van der Waals surface area contributed by atoms with Crippen LogP contribution in [-0.2, 0) is 0 Å². The lowest BCUT2D eigenvalue weighted by molar-refractivity contribution is 0.247. The van der Waals surface area contributed by atoms with Gasteiger partial charge in [-0.15, -0.1) is 0 Å². The Labute approximate surface area is 111 Å². The van der Waals surface area contributed by atoms with Crippen molar-refractivity contribution >= 4 is 0 Å². The maximum atomic E-state index is 5.62. The average Bonchev–Trinajstić information content (AvgIpc) is 2.37. The largest absolute Gasteiger partial charge is 0.494 e. The van der Waals surface area contributed by atoms with E-state index in [1.165, 1.54) is 18.4 Å². The van der Waals surface area contributed by atoms with Crippen molar-refractivity contribution in [2.24, 2.45) is 5.92 Å². The molecule has 1 aliphatic carbocycles. The number of hydrogen-bond acceptors (Lipinski definition) is 2. The molecule has 0 spiro atoms. The highest BCUT2D eigenvalue weighted by molar-refractivity contribution is 5.31. The summed E-state index contributed by atoms with van der Waals surface area (Å²) in [5, 5.41) is 3.46. The third-order valence-electron chi connectivity index (χ3n) is 3.86. The van der Waals surface area contributed by atoms with Crippen molar-refractivity contribution < 1.29 is 4.74 Å².